The first-order valence-corrected chi connectivity index (χ1v) is 6.06. The van der Waals surface area contributed by atoms with Crippen molar-refractivity contribution in [1.82, 2.24) is 4.90 Å². The highest BCUT2D eigenvalue weighted by Crippen LogP contribution is 2.17. The molecule has 0 fully saturated rings. The van der Waals surface area contributed by atoms with Crippen molar-refractivity contribution in [2.75, 3.05) is 20.1 Å². The van der Waals surface area contributed by atoms with E-state index in [0.29, 0.717) is 12.5 Å². The van der Waals surface area contributed by atoms with Gasteiger partial charge in [0, 0.05) is 20.1 Å². The Labute approximate surface area is 104 Å². The molecule has 1 aromatic rings. The van der Waals surface area contributed by atoms with Crippen LogP contribution in [-0.4, -0.2) is 30.9 Å². The topological polar surface area (TPSA) is 46.3 Å². The van der Waals surface area contributed by atoms with E-state index in [9.17, 15) is 4.79 Å². The van der Waals surface area contributed by atoms with Gasteiger partial charge in [0.2, 0.25) is 5.91 Å². The molecule has 1 aromatic carbocycles. The van der Waals surface area contributed by atoms with Crippen molar-refractivity contribution in [2.24, 2.45) is 11.7 Å². The maximum Gasteiger partial charge on any atom is 0.231 e. The molecule has 0 saturated heterocycles. The average Bonchev–Trinajstić information content (AvgIpc) is 2.30. The fraction of sp³-hybridized carbons (Fsp3) is 0.500. The fourth-order valence-electron chi connectivity index (χ4n) is 1.97. The third kappa shape index (κ3) is 3.86. The predicted octanol–water partition coefficient (Wildman–Crippen LogP) is 1.84. The van der Waals surface area contributed by atoms with Gasteiger partial charge in [0.25, 0.3) is 0 Å². The molecule has 1 unspecified atom stereocenters. The summed E-state index contributed by atoms with van der Waals surface area (Å²) in [6, 6.07) is 9.73. The highest BCUT2D eigenvalue weighted by atomic mass is 16.2. The Bertz CT molecular complexity index is 348. The van der Waals surface area contributed by atoms with Crippen molar-refractivity contribution in [2.45, 2.75) is 19.8 Å². The number of hydrogen-bond donors (Lipinski definition) is 1. The van der Waals surface area contributed by atoms with Gasteiger partial charge in [-0.25, -0.2) is 0 Å². The van der Waals surface area contributed by atoms with E-state index in [1.54, 1.807) is 4.90 Å². The Kier molecular flexibility index (Phi) is 5.16. The molecule has 0 aliphatic carbocycles. The number of carbonyl (C=O) groups excluding carboxylic acids is 1. The molecular formula is C14H22N2O. The Balaban J connectivity index is 2.78. The van der Waals surface area contributed by atoms with Crippen molar-refractivity contribution < 1.29 is 4.79 Å². The van der Waals surface area contributed by atoms with Crippen molar-refractivity contribution in [1.29, 1.82) is 0 Å². The smallest absolute Gasteiger partial charge is 0.231 e. The second-order valence-electron chi connectivity index (χ2n) is 4.81. The summed E-state index contributed by atoms with van der Waals surface area (Å²) in [5.74, 6) is 0.352. The number of nitrogens with zero attached hydrogens (tertiary/aromatic N) is 1. The van der Waals surface area contributed by atoms with Gasteiger partial charge >= 0.3 is 0 Å². The number of amides is 1. The third-order valence-electron chi connectivity index (χ3n) is 2.75. The fourth-order valence-corrected chi connectivity index (χ4v) is 1.97. The standard InChI is InChI=1S/C14H22N2O/c1-11(2)10-16(3)14(17)13(9-15)12-7-5-4-6-8-12/h4-8,11,13H,9-10,15H2,1-3H3. The molecule has 0 aliphatic rings. The minimum atomic E-state index is -0.222. The summed E-state index contributed by atoms with van der Waals surface area (Å²) >= 11 is 0. The van der Waals surface area contributed by atoms with E-state index in [2.05, 4.69) is 13.8 Å². The molecule has 0 spiro atoms. The first kappa shape index (κ1) is 13.7. The predicted molar refractivity (Wildman–Crippen MR) is 70.7 cm³/mol. The van der Waals surface area contributed by atoms with E-state index in [-0.39, 0.29) is 11.8 Å². The quantitative estimate of drug-likeness (QED) is 0.845. The third-order valence-corrected chi connectivity index (χ3v) is 2.75. The van der Waals surface area contributed by atoms with Crippen LogP contribution in [0.15, 0.2) is 30.3 Å². The number of hydrogen-bond acceptors (Lipinski definition) is 2. The molecule has 94 valence electrons. The van der Waals surface area contributed by atoms with E-state index in [0.717, 1.165) is 12.1 Å². The van der Waals surface area contributed by atoms with Gasteiger partial charge in [-0.1, -0.05) is 44.2 Å². The number of likely N-dealkylation sites (N-methyl/N-ethyl adjacent to an activating group) is 1. The van der Waals surface area contributed by atoms with E-state index in [1.807, 2.05) is 37.4 Å². The summed E-state index contributed by atoms with van der Waals surface area (Å²) in [6.45, 7) is 5.32. The van der Waals surface area contributed by atoms with Crippen molar-refractivity contribution in [3.05, 3.63) is 35.9 Å². The van der Waals surface area contributed by atoms with Crippen molar-refractivity contribution in [3.63, 3.8) is 0 Å². The first-order valence-electron chi connectivity index (χ1n) is 6.06. The van der Waals surface area contributed by atoms with Crippen LogP contribution in [0.1, 0.15) is 25.3 Å². The van der Waals surface area contributed by atoms with Crippen LogP contribution in [0.5, 0.6) is 0 Å². The summed E-state index contributed by atoms with van der Waals surface area (Å²) < 4.78 is 0. The van der Waals surface area contributed by atoms with Crippen molar-refractivity contribution in [3.8, 4) is 0 Å². The molecular weight excluding hydrogens is 212 g/mol. The lowest BCUT2D eigenvalue weighted by Crippen LogP contribution is -2.37. The molecule has 0 aromatic heterocycles. The monoisotopic (exact) mass is 234 g/mol. The molecule has 17 heavy (non-hydrogen) atoms. The molecule has 0 aliphatic heterocycles. The van der Waals surface area contributed by atoms with Gasteiger partial charge in [-0.2, -0.15) is 0 Å². The lowest BCUT2D eigenvalue weighted by molar-refractivity contribution is -0.131. The Morgan fingerprint density at radius 2 is 1.88 bits per heavy atom. The Morgan fingerprint density at radius 1 is 1.29 bits per heavy atom. The van der Waals surface area contributed by atoms with Crippen LogP contribution in [0.2, 0.25) is 0 Å². The highest BCUT2D eigenvalue weighted by Gasteiger charge is 2.22. The zero-order valence-electron chi connectivity index (χ0n) is 10.9. The SMILES string of the molecule is CC(C)CN(C)C(=O)C(CN)c1ccccc1. The summed E-state index contributed by atoms with van der Waals surface area (Å²) in [5, 5.41) is 0. The van der Waals surface area contributed by atoms with E-state index in [4.69, 9.17) is 5.73 Å². The number of nitrogens with two attached hydrogens (primary N) is 1. The molecule has 0 saturated carbocycles. The van der Waals surface area contributed by atoms with Crippen LogP contribution in [0, 0.1) is 5.92 Å². The second kappa shape index (κ2) is 6.40. The maximum absolute atomic E-state index is 12.3. The summed E-state index contributed by atoms with van der Waals surface area (Å²) in [6.07, 6.45) is 0. The van der Waals surface area contributed by atoms with Gasteiger partial charge in [0.1, 0.15) is 0 Å². The Hall–Kier alpha value is -1.35. The van der Waals surface area contributed by atoms with Gasteiger partial charge in [0.15, 0.2) is 0 Å². The Morgan fingerprint density at radius 3 is 2.35 bits per heavy atom. The minimum Gasteiger partial charge on any atom is -0.345 e. The lowest BCUT2D eigenvalue weighted by Gasteiger charge is -2.24. The molecule has 1 rings (SSSR count). The van der Waals surface area contributed by atoms with Crippen molar-refractivity contribution >= 4 is 5.91 Å². The molecule has 3 nitrogen and oxygen atoms in total. The highest BCUT2D eigenvalue weighted by molar-refractivity contribution is 5.83. The van der Waals surface area contributed by atoms with Crippen LogP contribution in [0.3, 0.4) is 0 Å². The minimum absolute atomic E-state index is 0.104. The normalized spacial score (nSPS) is 12.5. The molecule has 0 bridgehead atoms. The summed E-state index contributed by atoms with van der Waals surface area (Å²) in [4.78, 5) is 14.0. The van der Waals surface area contributed by atoms with Crippen LogP contribution < -0.4 is 5.73 Å². The summed E-state index contributed by atoms with van der Waals surface area (Å²) in [7, 11) is 1.84. The molecule has 0 heterocycles. The number of carbonyl (C=O) groups is 1. The first-order chi connectivity index (χ1) is 8.06. The van der Waals surface area contributed by atoms with Gasteiger partial charge in [-0.05, 0) is 11.5 Å². The van der Waals surface area contributed by atoms with E-state index < -0.39 is 0 Å². The van der Waals surface area contributed by atoms with Gasteiger partial charge in [-0.15, -0.1) is 0 Å². The van der Waals surface area contributed by atoms with Gasteiger partial charge in [0.05, 0.1) is 5.92 Å². The number of benzene rings is 1. The molecule has 1 atom stereocenters. The zero-order chi connectivity index (χ0) is 12.8. The van der Waals surface area contributed by atoms with Crippen LogP contribution in [0.4, 0.5) is 0 Å². The summed E-state index contributed by atoms with van der Waals surface area (Å²) in [5.41, 5.74) is 6.72. The van der Waals surface area contributed by atoms with Gasteiger partial charge < -0.3 is 10.6 Å². The zero-order valence-corrected chi connectivity index (χ0v) is 10.9. The van der Waals surface area contributed by atoms with E-state index in [1.165, 1.54) is 0 Å². The van der Waals surface area contributed by atoms with Crippen LogP contribution in [0.25, 0.3) is 0 Å². The maximum atomic E-state index is 12.3. The largest absolute Gasteiger partial charge is 0.345 e. The number of rotatable bonds is 5. The molecule has 0 radical (unpaired) electrons. The molecule has 1 amide bonds. The second-order valence-corrected chi connectivity index (χ2v) is 4.81. The lowest BCUT2D eigenvalue weighted by atomic mass is 9.97. The molecule has 3 heteroatoms. The van der Waals surface area contributed by atoms with E-state index >= 15 is 0 Å². The van der Waals surface area contributed by atoms with Crippen LogP contribution in [-0.2, 0) is 4.79 Å². The molecule has 2 N–H and O–H groups in total. The average molecular weight is 234 g/mol. The van der Waals surface area contributed by atoms with Crippen LogP contribution >= 0.6 is 0 Å². The van der Waals surface area contributed by atoms with Gasteiger partial charge in [-0.3, -0.25) is 4.79 Å².